The number of hydrogen-bond donors (Lipinski definition) is 1. The van der Waals surface area contributed by atoms with Crippen molar-refractivity contribution < 1.29 is 4.42 Å². The van der Waals surface area contributed by atoms with Crippen LogP contribution in [-0.2, 0) is 6.42 Å². The smallest absolute Gasteiger partial charge is 0.197 e. The van der Waals surface area contributed by atoms with Crippen LogP contribution in [0.1, 0.15) is 16.8 Å². The molecule has 0 spiro atoms. The number of benzene rings is 1. The van der Waals surface area contributed by atoms with Crippen molar-refractivity contribution in [2.75, 3.05) is 0 Å². The lowest BCUT2D eigenvalue weighted by molar-refractivity contribution is 0.504. The number of halogens is 1. The molecule has 0 saturated heterocycles. The molecule has 0 saturated carbocycles. The molecule has 0 aliphatic rings. The lowest BCUT2D eigenvalue weighted by Gasteiger charge is -2.07. The second-order valence-corrected chi connectivity index (χ2v) is 5.82. The maximum atomic E-state index is 6.17. The fraction of sp³-hybridized carbons (Fsp3) is 0.154. The summed E-state index contributed by atoms with van der Waals surface area (Å²) in [5, 5.41) is 2.02. The van der Waals surface area contributed by atoms with E-state index in [1.165, 1.54) is 0 Å². The van der Waals surface area contributed by atoms with Crippen LogP contribution >= 0.6 is 27.3 Å². The zero-order valence-corrected chi connectivity index (χ0v) is 11.9. The van der Waals surface area contributed by atoms with Gasteiger partial charge >= 0.3 is 0 Å². The van der Waals surface area contributed by atoms with Gasteiger partial charge in [-0.3, -0.25) is 0 Å². The van der Waals surface area contributed by atoms with Crippen LogP contribution in [0.4, 0.5) is 0 Å². The van der Waals surface area contributed by atoms with Crippen LogP contribution in [0.5, 0.6) is 0 Å². The number of hydrogen-bond acceptors (Lipinski definition) is 4. The molecule has 92 valence electrons. The Bertz CT molecular complexity index is 643. The fourth-order valence-corrected chi connectivity index (χ4v) is 3.53. The van der Waals surface area contributed by atoms with Crippen molar-refractivity contribution in [2.24, 2.45) is 5.73 Å². The normalized spacial score (nSPS) is 13.0. The molecule has 0 aliphatic carbocycles. The molecule has 3 nitrogen and oxygen atoms in total. The lowest BCUT2D eigenvalue weighted by atomic mass is 10.2. The van der Waals surface area contributed by atoms with Gasteiger partial charge in [-0.15, -0.1) is 11.3 Å². The van der Waals surface area contributed by atoms with Crippen molar-refractivity contribution >= 4 is 38.4 Å². The number of aromatic nitrogens is 1. The molecule has 0 bridgehead atoms. The molecule has 0 amide bonds. The van der Waals surface area contributed by atoms with Crippen LogP contribution in [0.15, 0.2) is 44.6 Å². The van der Waals surface area contributed by atoms with E-state index in [4.69, 9.17) is 10.2 Å². The van der Waals surface area contributed by atoms with Crippen LogP contribution in [0, 0.1) is 0 Å². The van der Waals surface area contributed by atoms with Crippen molar-refractivity contribution in [2.45, 2.75) is 12.5 Å². The number of para-hydroxylation sites is 2. The van der Waals surface area contributed by atoms with E-state index < -0.39 is 0 Å². The molecular formula is C13H11BrN2OS. The molecule has 0 fully saturated rings. The van der Waals surface area contributed by atoms with E-state index in [1.54, 1.807) is 11.3 Å². The first-order chi connectivity index (χ1) is 8.74. The highest BCUT2D eigenvalue weighted by molar-refractivity contribution is 9.10. The van der Waals surface area contributed by atoms with Crippen molar-refractivity contribution in [1.82, 2.24) is 4.98 Å². The van der Waals surface area contributed by atoms with E-state index in [0.717, 1.165) is 20.4 Å². The third-order valence-corrected chi connectivity index (χ3v) is 4.72. The Labute approximate surface area is 117 Å². The van der Waals surface area contributed by atoms with Crippen molar-refractivity contribution in [1.29, 1.82) is 0 Å². The Balaban J connectivity index is 1.86. The third kappa shape index (κ3) is 2.21. The van der Waals surface area contributed by atoms with Crippen LogP contribution in [-0.4, -0.2) is 4.98 Å². The van der Waals surface area contributed by atoms with E-state index in [1.807, 2.05) is 35.7 Å². The molecule has 5 heteroatoms. The zero-order valence-electron chi connectivity index (χ0n) is 9.47. The molecule has 3 rings (SSSR count). The summed E-state index contributed by atoms with van der Waals surface area (Å²) in [5.74, 6) is 0.684. The number of oxazole rings is 1. The Hall–Kier alpha value is -1.17. The van der Waals surface area contributed by atoms with Gasteiger partial charge in [-0.05, 0) is 39.5 Å². The molecule has 0 radical (unpaired) electrons. The molecule has 0 aliphatic heterocycles. The first kappa shape index (κ1) is 11.9. The van der Waals surface area contributed by atoms with Crippen molar-refractivity contribution in [3.8, 4) is 0 Å². The molecule has 2 N–H and O–H groups in total. The van der Waals surface area contributed by atoms with Crippen LogP contribution in [0.25, 0.3) is 11.1 Å². The van der Waals surface area contributed by atoms with E-state index in [9.17, 15) is 0 Å². The Morgan fingerprint density at radius 3 is 2.89 bits per heavy atom. The van der Waals surface area contributed by atoms with E-state index in [-0.39, 0.29) is 6.04 Å². The predicted molar refractivity (Wildman–Crippen MR) is 76.7 cm³/mol. The van der Waals surface area contributed by atoms with Gasteiger partial charge in [0.25, 0.3) is 0 Å². The second kappa shape index (κ2) is 4.84. The highest BCUT2D eigenvalue weighted by atomic mass is 79.9. The molecule has 1 atom stereocenters. The highest BCUT2D eigenvalue weighted by Gasteiger charge is 2.15. The Morgan fingerprint density at radius 1 is 1.33 bits per heavy atom. The monoisotopic (exact) mass is 322 g/mol. The SMILES string of the molecule is NC(Cc1nc2ccccc2o1)c1sccc1Br. The molecule has 18 heavy (non-hydrogen) atoms. The number of thiophene rings is 1. The van der Waals surface area contributed by atoms with Crippen LogP contribution in [0.3, 0.4) is 0 Å². The summed E-state index contributed by atoms with van der Waals surface area (Å²) < 4.78 is 6.73. The summed E-state index contributed by atoms with van der Waals surface area (Å²) in [6, 6.07) is 9.66. The van der Waals surface area contributed by atoms with Gasteiger partial charge in [-0.1, -0.05) is 12.1 Å². The minimum absolute atomic E-state index is 0.0903. The standard InChI is InChI=1S/C13H11BrN2OS/c14-8-5-6-18-13(8)9(15)7-12-16-10-3-1-2-4-11(10)17-12/h1-6,9H,7,15H2. The molecule has 1 aromatic carbocycles. The summed E-state index contributed by atoms with van der Waals surface area (Å²) in [6.45, 7) is 0. The topological polar surface area (TPSA) is 52.0 Å². The zero-order chi connectivity index (χ0) is 12.5. The van der Waals surface area contributed by atoms with Crippen LogP contribution in [0.2, 0.25) is 0 Å². The minimum Gasteiger partial charge on any atom is -0.441 e. The highest BCUT2D eigenvalue weighted by Crippen LogP contribution is 2.30. The fourth-order valence-electron chi connectivity index (χ4n) is 1.86. The number of nitrogens with two attached hydrogens (primary N) is 1. The third-order valence-electron chi connectivity index (χ3n) is 2.71. The average molecular weight is 323 g/mol. The van der Waals surface area contributed by atoms with Gasteiger partial charge in [0.2, 0.25) is 0 Å². The quantitative estimate of drug-likeness (QED) is 0.795. The summed E-state index contributed by atoms with van der Waals surface area (Å²) in [6.07, 6.45) is 0.605. The number of fused-ring (bicyclic) bond motifs is 1. The van der Waals surface area contributed by atoms with Gasteiger partial charge in [0.15, 0.2) is 11.5 Å². The Kier molecular flexibility index (Phi) is 3.20. The molecule has 2 heterocycles. The van der Waals surface area contributed by atoms with Crippen LogP contribution < -0.4 is 5.73 Å². The Morgan fingerprint density at radius 2 is 2.17 bits per heavy atom. The van der Waals surface area contributed by atoms with Gasteiger partial charge < -0.3 is 10.2 Å². The van der Waals surface area contributed by atoms with Gasteiger partial charge in [0, 0.05) is 21.8 Å². The maximum Gasteiger partial charge on any atom is 0.197 e. The summed E-state index contributed by atoms with van der Waals surface area (Å²) in [4.78, 5) is 5.56. The van der Waals surface area contributed by atoms with Crippen molar-refractivity contribution in [3.05, 3.63) is 51.0 Å². The van der Waals surface area contributed by atoms with Gasteiger partial charge in [-0.2, -0.15) is 0 Å². The van der Waals surface area contributed by atoms with Gasteiger partial charge in [0.05, 0.1) is 0 Å². The van der Waals surface area contributed by atoms with E-state index in [0.29, 0.717) is 12.3 Å². The first-order valence-electron chi connectivity index (χ1n) is 5.57. The summed E-state index contributed by atoms with van der Waals surface area (Å²) >= 11 is 5.14. The lowest BCUT2D eigenvalue weighted by Crippen LogP contribution is -2.12. The summed E-state index contributed by atoms with van der Waals surface area (Å²) in [5.41, 5.74) is 7.86. The second-order valence-electron chi connectivity index (χ2n) is 4.02. The molecule has 1 unspecified atom stereocenters. The summed E-state index contributed by atoms with van der Waals surface area (Å²) in [7, 11) is 0. The molecule has 2 aromatic heterocycles. The van der Waals surface area contributed by atoms with E-state index in [2.05, 4.69) is 20.9 Å². The maximum absolute atomic E-state index is 6.17. The largest absolute Gasteiger partial charge is 0.441 e. The van der Waals surface area contributed by atoms with Crippen molar-refractivity contribution in [3.63, 3.8) is 0 Å². The van der Waals surface area contributed by atoms with Gasteiger partial charge in [-0.25, -0.2) is 4.98 Å². The molecule has 3 aromatic rings. The minimum atomic E-state index is -0.0903. The predicted octanol–water partition coefficient (Wildman–Crippen LogP) is 3.89. The van der Waals surface area contributed by atoms with E-state index >= 15 is 0 Å². The number of rotatable bonds is 3. The molecular weight excluding hydrogens is 312 g/mol. The number of nitrogens with zero attached hydrogens (tertiary/aromatic N) is 1. The van der Waals surface area contributed by atoms with Gasteiger partial charge in [0.1, 0.15) is 5.52 Å². The first-order valence-corrected chi connectivity index (χ1v) is 7.24. The average Bonchev–Trinajstić information content (AvgIpc) is 2.94.